The van der Waals surface area contributed by atoms with E-state index in [4.69, 9.17) is 0 Å². The van der Waals surface area contributed by atoms with Gasteiger partial charge in [0.15, 0.2) is 0 Å². The van der Waals surface area contributed by atoms with Crippen LogP contribution in [0.4, 0.5) is 0 Å². The second-order valence-corrected chi connectivity index (χ2v) is 4.83. The molecule has 0 saturated carbocycles. The number of ether oxygens (including phenoxy) is 1. The van der Waals surface area contributed by atoms with Crippen molar-refractivity contribution >= 4 is 24.2 Å². The van der Waals surface area contributed by atoms with Crippen LogP contribution in [0.15, 0.2) is 30.3 Å². The summed E-state index contributed by atoms with van der Waals surface area (Å²) in [6.45, 7) is 2.09. The fourth-order valence-corrected chi connectivity index (χ4v) is 2.38. The molecule has 1 aromatic rings. The summed E-state index contributed by atoms with van der Waals surface area (Å²) < 4.78 is 4.68. The number of nitrogens with zero attached hydrogens (tertiary/aromatic N) is 1. The first-order valence-corrected chi connectivity index (χ1v) is 6.57. The van der Waals surface area contributed by atoms with E-state index in [9.17, 15) is 9.59 Å². The lowest BCUT2D eigenvalue weighted by molar-refractivity contribution is -0.151. The molecule has 1 fully saturated rings. The van der Waals surface area contributed by atoms with Gasteiger partial charge in [0.2, 0.25) is 0 Å². The summed E-state index contributed by atoms with van der Waals surface area (Å²) >= 11 is 0. The van der Waals surface area contributed by atoms with Crippen molar-refractivity contribution in [1.29, 1.82) is 0 Å². The molecule has 110 valence electrons. The van der Waals surface area contributed by atoms with E-state index < -0.39 is 11.9 Å². The van der Waals surface area contributed by atoms with Crippen LogP contribution < -0.4 is 0 Å². The lowest BCUT2D eigenvalue weighted by Crippen LogP contribution is -2.45. The van der Waals surface area contributed by atoms with E-state index in [-0.39, 0.29) is 18.2 Å². The van der Waals surface area contributed by atoms with Crippen molar-refractivity contribution in [2.45, 2.75) is 12.8 Å². The van der Waals surface area contributed by atoms with E-state index in [2.05, 4.69) is 21.8 Å². The Labute approximate surface area is 125 Å². The highest BCUT2D eigenvalue weighted by Crippen LogP contribution is 2.15. The van der Waals surface area contributed by atoms with E-state index in [0.29, 0.717) is 13.0 Å². The van der Waals surface area contributed by atoms with E-state index in [1.54, 1.807) is 0 Å². The maximum absolute atomic E-state index is 11.7. The van der Waals surface area contributed by atoms with Crippen LogP contribution in [-0.4, -0.2) is 43.4 Å². The third-order valence-electron chi connectivity index (χ3n) is 3.55. The summed E-state index contributed by atoms with van der Waals surface area (Å²) in [5, 5.41) is 0. The Morgan fingerprint density at radius 3 is 2.70 bits per heavy atom. The second-order valence-electron chi connectivity index (χ2n) is 4.83. The van der Waals surface area contributed by atoms with Crippen LogP contribution >= 0.6 is 12.4 Å². The molecule has 0 bridgehead atoms. The molecule has 0 amide bonds. The van der Waals surface area contributed by atoms with Crippen LogP contribution in [-0.2, 0) is 20.7 Å². The summed E-state index contributed by atoms with van der Waals surface area (Å²) in [6.07, 6.45) is 1.37. The molecule has 0 aromatic heterocycles. The average molecular weight is 298 g/mol. The Kier molecular flexibility index (Phi) is 6.68. The summed E-state index contributed by atoms with van der Waals surface area (Å²) in [5.74, 6) is -1.01. The van der Waals surface area contributed by atoms with Gasteiger partial charge in [0.25, 0.3) is 0 Å². The molecule has 1 unspecified atom stereocenters. The second kappa shape index (κ2) is 8.02. The van der Waals surface area contributed by atoms with Crippen molar-refractivity contribution in [2.75, 3.05) is 26.7 Å². The zero-order valence-electron chi connectivity index (χ0n) is 11.6. The number of rotatable bonds is 4. The molecule has 1 aromatic carbocycles. The highest BCUT2D eigenvalue weighted by atomic mass is 35.5. The summed E-state index contributed by atoms with van der Waals surface area (Å²) in [4.78, 5) is 25.4. The number of carbonyl (C=O) groups excluding carboxylic acids is 2. The van der Waals surface area contributed by atoms with E-state index in [1.807, 2.05) is 18.2 Å². The molecule has 1 heterocycles. The number of likely N-dealkylation sites (tertiary alicyclic amines) is 1. The topological polar surface area (TPSA) is 46.6 Å². The number of hydrogen-bond acceptors (Lipinski definition) is 4. The fourth-order valence-electron chi connectivity index (χ4n) is 2.38. The van der Waals surface area contributed by atoms with Gasteiger partial charge in [-0.15, -0.1) is 12.4 Å². The number of carbonyl (C=O) groups is 2. The first-order chi connectivity index (χ1) is 9.20. The lowest BCUT2D eigenvalue weighted by Gasteiger charge is -2.30. The number of ketones is 1. The maximum Gasteiger partial charge on any atom is 0.317 e. The molecule has 0 spiro atoms. The molecule has 0 N–H and O–H groups in total. The lowest BCUT2D eigenvalue weighted by atomic mass is 9.96. The van der Waals surface area contributed by atoms with Crippen LogP contribution in [0.5, 0.6) is 0 Å². The fraction of sp³-hybridized carbons (Fsp3) is 0.467. The number of hydrogen-bond donors (Lipinski definition) is 0. The molecule has 1 atom stereocenters. The molecule has 1 aliphatic rings. The van der Waals surface area contributed by atoms with E-state index in [0.717, 1.165) is 19.5 Å². The van der Waals surface area contributed by atoms with Crippen molar-refractivity contribution < 1.29 is 14.3 Å². The van der Waals surface area contributed by atoms with Gasteiger partial charge in [-0.2, -0.15) is 0 Å². The molecule has 5 heteroatoms. The normalized spacial score (nSPS) is 19.2. The van der Waals surface area contributed by atoms with Crippen LogP contribution in [0.25, 0.3) is 0 Å². The van der Waals surface area contributed by atoms with Gasteiger partial charge in [-0.3, -0.25) is 9.59 Å². The molecular weight excluding hydrogens is 278 g/mol. The van der Waals surface area contributed by atoms with Crippen molar-refractivity contribution in [3.8, 4) is 0 Å². The van der Waals surface area contributed by atoms with Crippen molar-refractivity contribution in [3.05, 3.63) is 35.9 Å². The highest BCUT2D eigenvalue weighted by molar-refractivity contribution is 5.99. The standard InChI is InChI=1S/C15H19NO3.ClH/c1-19-15(18)13-11-16(10-8-14(13)17)9-7-12-5-3-2-4-6-12;/h2-6,13H,7-11H2,1H3;1H. The van der Waals surface area contributed by atoms with E-state index in [1.165, 1.54) is 12.7 Å². The average Bonchev–Trinajstić information content (AvgIpc) is 2.46. The van der Waals surface area contributed by atoms with Crippen LogP contribution in [0.3, 0.4) is 0 Å². The number of halogens is 1. The maximum atomic E-state index is 11.7. The van der Waals surface area contributed by atoms with Crippen molar-refractivity contribution in [2.24, 2.45) is 5.92 Å². The number of piperidine rings is 1. The number of methoxy groups -OCH3 is 1. The molecule has 0 radical (unpaired) electrons. The summed E-state index contributed by atoms with van der Waals surface area (Å²) in [7, 11) is 1.33. The minimum atomic E-state index is -0.602. The predicted molar refractivity (Wildman–Crippen MR) is 79.0 cm³/mol. The molecule has 1 saturated heterocycles. The SMILES string of the molecule is COC(=O)C1CN(CCc2ccccc2)CCC1=O.Cl. The van der Waals surface area contributed by atoms with Crippen LogP contribution in [0.1, 0.15) is 12.0 Å². The van der Waals surface area contributed by atoms with Crippen molar-refractivity contribution in [1.82, 2.24) is 4.90 Å². The molecule has 20 heavy (non-hydrogen) atoms. The largest absolute Gasteiger partial charge is 0.468 e. The number of esters is 1. The highest BCUT2D eigenvalue weighted by Gasteiger charge is 2.33. The van der Waals surface area contributed by atoms with Crippen LogP contribution in [0.2, 0.25) is 0 Å². The minimum Gasteiger partial charge on any atom is -0.468 e. The first-order valence-electron chi connectivity index (χ1n) is 6.57. The Balaban J connectivity index is 0.00000200. The van der Waals surface area contributed by atoms with Gasteiger partial charge >= 0.3 is 5.97 Å². The predicted octanol–water partition coefficient (Wildman–Crippen LogP) is 1.71. The molecule has 4 nitrogen and oxygen atoms in total. The van der Waals surface area contributed by atoms with Gasteiger partial charge in [0, 0.05) is 26.1 Å². The summed E-state index contributed by atoms with van der Waals surface area (Å²) in [5.41, 5.74) is 1.27. The Morgan fingerprint density at radius 1 is 1.35 bits per heavy atom. The minimum absolute atomic E-state index is 0. The van der Waals surface area contributed by atoms with Gasteiger partial charge in [0.1, 0.15) is 11.7 Å². The Bertz CT molecular complexity index is 442. The third kappa shape index (κ3) is 4.32. The third-order valence-corrected chi connectivity index (χ3v) is 3.55. The number of Topliss-reactive ketones (excluding diaryl/α,β-unsaturated/α-hetero) is 1. The van der Waals surface area contributed by atoms with Gasteiger partial charge in [-0.25, -0.2) is 0 Å². The zero-order chi connectivity index (χ0) is 13.7. The van der Waals surface area contributed by atoms with Gasteiger partial charge in [-0.1, -0.05) is 30.3 Å². The molecule has 1 aliphatic heterocycles. The Morgan fingerprint density at radius 2 is 2.05 bits per heavy atom. The van der Waals surface area contributed by atoms with Gasteiger partial charge in [-0.05, 0) is 12.0 Å². The molecule has 0 aliphatic carbocycles. The summed E-state index contributed by atoms with van der Waals surface area (Å²) in [6, 6.07) is 10.2. The van der Waals surface area contributed by atoms with Crippen LogP contribution in [0, 0.1) is 5.92 Å². The number of benzene rings is 1. The van der Waals surface area contributed by atoms with Crippen molar-refractivity contribution in [3.63, 3.8) is 0 Å². The first kappa shape index (κ1) is 16.7. The molecular formula is C15H20ClNO3. The molecule has 2 rings (SSSR count). The van der Waals surface area contributed by atoms with E-state index >= 15 is 0 Å². The monoisotopic (exact) mass is 297 g/mol. The Hall–Kier alpha value is -1.39. The zero-order valence-corrected chi connectivity index (χ0v) is 12.4. The smallest absolute Gasteiger partial charge is 0.317 e. The van der Waals surface area contributed by atoms with Gasteiger partial charge < -0.3 is 9.64 Å². The van der Waals surface area contributed by atoms with Gasteiger partial charge in [0.05, 0.1) is 7.11 Å². The quantitative estimate of drug-likeness (QED) is 0.627.